The molecule has 2 aromatic heterocycles. The second kappa shape index (κ2) is 8.23. The summed E-state index contributed by atoms with van der Waals surface area (Å²) < 4.78 is 13.1. The van der Waals surface area contributed by atoms with Gasteiger partial charge in [-0.1, -0.05) is 12.1 Å². The van der Waals surface area contributed by atoms with Crippen LogP contribution in [-0.2, 0) is 20.0 Å². The molecule has 0 spiro atoms. The topological polar surface area (TPSA) is 94.1 Å². The minimum Gasteiger partial charge on any atom is -0.486 e. The Morgan fingerprint density at radius 1 is 1.13 bits per heavy atom. The molecule has 0 saturated carbocycles. The third-order valence-electron chi connectivity index (χ3n) is 5.24. The molecule has 8 nitrogen and oxygen atoms in total. The molecule has 0 saturated heterocycles. The Bertz CT molecular complexity index is 1290. The van der Waals surface area contributed by atoms with Crippen LogP contribution >= 0.6 is 0 Å². The molecular weight excluding hydrogens is 394 g/mol. The van der Waals surface area contributed by atoms with Crippen LogP contribution in [0.15, 0.2) is 53.5 Å². The highest BCUT2D eigenvalue weighted by Crippen LogP contribution is 2.35. The van der Waals surface area contributed by atoms with Crippen molar-refractivity contribution in [2.24, 2.45) is 7.05 Å². The quantitative estimate of drug-likeness (QED) is 0.468. The molecule has 158 valence electrons. The molecule has 1 aliphatic rings. The van der Waals surface area contributed by atoms with Gasteiger partial charge in [-0.2, -0.15) is 5.10 Å². The van der Waals surface area contributed by atoms with E-state index in [4.69, 9.17) is 9.47 Å². The summed E-state index contributed by atoms with van der Waals surface area (Å²) in [7, 11) is 1.91. The molecule has 0 aliphatic carbocycles. The summed E-state index contributed by atoms with van der Waals surface area (Å²) in [5, 5.41) is 8.67. The largest absolute Gasteiger partial charge is 0.486 e. The monoisotopic (exact) mass is 417 g/mol. The van der Waals surface area contributed by atoms with Crippen molar-refractivity contribution in [1.29, 1.82) is 0 Å². The molecule has 0 unspecified atom stereocenters. The molecule has 0 amide bonds. The van der Waals surface area contributed by atoms with E-state index in [1.807, 2.05) is 54.3 Å². The summed E-state index contributed by atoms with van der Waals surface area (Å²) in [5.74, 6) is 2.19. The summed E-state index contributed by atoms with van der Waals surface area (Å²) in [6.45, 7) is 2.45. The van der Waals surface area contributed by atoms with Crippen molar-refractivity contribution in [3.8, 4) is 22.8 Å². The zero-order valence-electron chi connectivity index (χ0n) is 17.2. The maximum atomic E-state index is 12.2. The molecule has 3 heterocycles. The Balaban J connectivity index is 1.27. The van der Waals surface area contributed by atoms with Gasteiger partial charge in [0.2, 0.25) is 0 Å². The van der Waals surface area contributed by atoms with Crippen molar-refractivity contribution in [3.05, 3.63) is 70.4 Å². The van der Waals surface area contributed by atoms with Gasteiger partial charge in [0.25, 0.3) is 5.56 Å². The van der Waals surface area contributed by atoms with Crippen LogP contribution in [0.3, 0.4) is 0 Å². The lowest BCUT2D eigenvalue weighted by Crippen LogP contribution is -2.20. The first-order valence-corrected chi connectivity index (χ1v) is 10.3. The molecule has 2 N–H and O–H groups in total. The van der Waals surface area contributed by atoms with Crippen LogP contribution in [0.2, 0.25) is 0 Å². The van der Waals surface area contributed by atoms with E-state index in [9.17, 15) is 4.79 Å². The number of rotatable bonds is 6. The fourth-order valence-corrected chi connectivity index (χ4v) is 3.78. The van der Waals surface area contributed by atoms with Crippen LogP contribution in [0.4, 0.5) is 0 Å². The summed E-state index contributed by atoms with van der Waals surface area (Å²) in [6, 6.07) is 13.3. The number of fused-ring (bicyclic) bond motifs is 2. The van der Waals surface area contributed by atoms with E-state index >= 15 is 0 Å². The van der Waals surface area contributed by atoms with Gasteiger partial charge in [-0.25, -0.2) is 4.98 Å². The molecule has 31 heavy (non-hydrogen) atoms. The number of hydrogen-bond acceptors (Lipinski definition) is 6. The Morgan fingerprint density at radius 2 is 1.97 bits per heavy atom. The van der Waals surface area contributed by atoms with Gasteiger partial charge in [-0.15, -0.1) is 0 Å². The van der Waals surface area contributed by atoms with Crippen molar-refractivity contribution in [1.82, 2.24) is 25.1 Å². The third kappa shape index (κ3) is 4.02. The van der Waals surface area contributed by atoms with Gasteiger partial charge in [-0.3, -0.25) is 9.48 Å². The normalized spacial score (nSPS) is 12.9. The number of nitrogens with one attached hydrogen (secondary N) is 2. The van der Waals surface area contributed by atoms with E-state index in [0.717, 1.165) is 33.8 Å². The number of para-hydroxylation sites is 1. The van der Waals surface area contributed by atoms with Crippen LogP contribution in [0.5, 0.6) is 11.5 Å². The van der Waals surface area contributed by atoms with Gasteiger partial charge in [0, 0.05) is 43.9 Å². The van der Waals surface area contributed by atoms with E-state index in [0.29, 0.717) is 43.9 Å². The minimum atomic E-state index is -0.103. The number of benzene rings is 2. The van der Waals surface area contributed by atoms with Crippen molar-refractivity contribution in [3.63, 3.8) is 0 Å². The predicted molar refractivity (Wildman–Crippen MR) is 117 cm³/mol. The number of nitrogens with zero attached hydrogens (tertiary/aromatic N) is 3. The van der Waals surface area contributed by atoms with E-state index in [2.05, 4.69) is 20.4 Å². The molecule has 8 heteroatoms. The summed E-state index contributed by atoms with van der Waals surface area (Å²) >= 11 is 0. The lowest BCUT2D eigenvalue weighted by atomic mass is 10.1. The number of aromatic amines is 1. The van der Waals surface area contributed by atoms with Crippen LogP contribution in [-0.4, -0.2) is 39.5 Å². The van der Waals surface area contributed by atoms with Crippen molar-refractivity contribution in [2.45, 2.75) is 13.0 Å². The van der Waals surface area contributed by atoms with Crippen molar-refractivity contribution in [2.75, 3.05) is 19.8 Å². The standard InChI is InChI=1S/C23H23N5O3/c1-28-14-16(22(27-28)15-6-7-19-20(12-15)31-11-10-30-19)13-24-9-8-21-25-18-5-3-2-4-17(18)23(29)26-21/h2-7,12,14,24H,8-11,13H2,1H3,(H,25,26,29). The molecular formula is C23H23N5O3. The zero-order valence-corrected chi connectivity index (χ0v) is 17.2. The number of aromatic nitrogens is 4. The van der Waals surface area contributed by atoms with E-state index < -0.39 is 0 Å². The van der Waals surface area contributed by atoms with E-state index in [1.165, 1.54) is 0 Å². The Hall–Kier alpha value is -3.65. The molecule has 0 radical (unpaired) electrons. The Kier molecular flexibility index (Phi) is 5.13. The third-order valence-corrected chi connectivity index (χ3v) is 5.24. The zero-order chi connectivity index (χ0) is 21.2. The molecule has 4 aromatic rings. The summed E-state index contributed by atoms with van der Waals surface area (Å²) in [6.07, 6.45) is 2.63. The molecule has 1 aliphatic heterocycles. The van der Waals surface area contributed by atoms with Gasteiger partial charge in [0.15, 0.2) is 11.5 Å². The minimum absolute atomic E-state index is 0.103. The maximum Gasteiger partial charge on any atom is 0.258 e. The SMILES string of the molecule is Cn1cc(CNCCc2nc3ccccc3c(=O)[nH]2)c(-c2ccc3c(c2)OCCO3)n1. The lowest BCUT2D eigenvalue weighted by molar-refractivity contribution is 0.171. The Labute approximate surface area is 178 Å². The average molecular weight is 417 g/mol. The van der Waals surface area contributed by atoms with Crippen LogP contribution < -0.4 is 20.3 Å². The first kappa shape index (κ1) is 19.3. The second-order valence-corrected chi connectivity index (χ2v) is 7.49. The van der Waals surface area contributed by atoms with Gasteiger partial charge in [0.05, 0.1) is 16.6 Å². The fourth-order valence-electron chi connectivity index (χ4n) is 3.78. The predicted octanol–water partition coefficient (Wildman–Crippen LogP) is 2.43. The lowest BCUT2D eigenvalue weighted by Gasteiger charge is -2.18. The summed E-state index contributed by atoms with van der Waals surface area (Å²) in [5.41, 5.74) is 3.59. The number of ether oxygens (including phenoxy) is 2. The van der Waals surface area contributed by atoms with Crippen LogP contribution in [0.25, 0.3) is 22.2 Å². The molecule has 0 atom stereocenters. The molecule has 2 aromatic carbocycles. The van der Waals surface area contributed by atoms with Crippen molar-refractivity contribution < 1.29 is 9.47 Å². The maximum absolute atomic E-state index is 12.2. The first-order chi connectivity index (χ1) is 15.2. The number of H-pyrrole nitrogens is 1. The molecule has 5 rings (SSSR count). The van der Waals surface area contributed by atoms with Gasteiger partial charge >= 0.3 is 0 Å². The Morgan fingerprint density at radius 3 is 2.87 bits per heavy atom. The van der Waals surface area contributed by atoms with E-state index in [1.54, 1.807) is 6.07 Å². The van der Waals surface area contributed by atoms with Gasteiger partial charge in [0.1, 0.15) is 19.0 Å². The van der Waals surface area contributed by atoms with Gasteiger partial charge in [-0.05, 0) is 30.3 Å². The molecule has 0 fully saturated rings. The average Bonchev–Trinajstić information content (AvgIpc) is 3.17. The summed E-state index contributed by atoms with van der Waals surface area (Å²) in [4.78, 5) is 19.6. The highest BCUT2D eigenvalue weighted by Gasteiger charge is 2.16. The fraction of sp³-hybridized carbons (Fsp3) is 0.261. The highest BCUT2D eigenvalue weighted by molar-refractivity contribution is 5.77. The molecule has 0 bridgehead atoms. The van der Waals surface area contributed by atoms with Crippen LogP contribution in [0, 0.1) is 0 Å². The van der Waals surface area contributed by atoms with Crippen LogP contribution in [0.1, 0.15) is 11.4 Å². The highest BCUT2D eigenvalue weighted by atomic mass is 16.6. The van der Waals surface area contributed by atoms with Gasteiger partial charge < -0.3 is 19.8 Å². The first-order valence-electron chi connectivity index (χ1n) is 10.3. The van der Waals surface area contributed by atoms with E-state index in [-0.39, 0.29) is 5.56 Å². The second-order valence-electron chi connectivity index (χ2n) is 7.49. The number of hydrogen-bond donors (Lipinski definition) is 2. The number of aryl methyl sites for hydroxylation is 1. The van der Waals surface area contributed by atoms with Crippen molar-refractivity contribution >= 4 is 10.9 Å². The smallest absolute Gasteiger partial charge is 0.258 e.